The highest BCUT2D eigenvalue weighted by Crippen LogP contribution is 2.32. The molecule has 0 amide bonds. The van der Waals surface area contributed by atoms with Crippen molar-refractivity contribution in [2.24, 2.45) is 10.2 Å². The molecule has 2 aliphatic rings. The van der Waals surface area contributed by atoms with Crippen LogP contribution in [0, 0.1) is 0 Å². The number of nitrogens with zero attached hydrogens (tertiary/aromatic N) is 6. The Morgan fingerprint density at radius 1 is 0.517 bits per heavy atom. The minimum atomic E-state index is -1.28. The number of hydrogen-bond donors (Lipinski definition) is 0. The van der Waals surface area contributed by atoms with Crippen molar-refractivity contribution in [2.75, 3.05) is 13.2 Å². The summed E-state index contributed by atoms with van der Waals surface area (Å²) in [5.74, 6) is -3.83. The van der Waals surface area contributed by atoms with Crippen LogP contribution in [-0.4, -0.2) is 110 Å². The van der Waals surface area contributed by atoms with E-state index < -0.39 is 97.1 Å². The van der Waals surface area contributed by atoms with E-state index in [0.717, 1.165) is 11.1 Å². The predicted octanol–water partition coefficient (Wildman–Crippen LogP) is 4.07. The normalized spacial score (nSPS) is 25.5. The van der Waals surface area contributed by atoms with E-state index in [-0.39, 0.29) is 26.4 Å². The van der Waals surface area contributed by atoms with E-state index in [1.54, 1.807) is 0 Å². The van der Waals surface area contributed by atoms with Gasteiger partial charge in [-0.1, -0.05) is 70.9 Å². The molecule has 0 radical (unpaired) electrons. The van der Waals surface area contributed by atoms with Crippen LogP contribution >= 0.6 is 0 Å². The Bertz CT molecular complexity index is 1730. The largest absolute Gasteiger partial charge is 0.463 e. The van der Waals surface area contributed by atoms with Gasteiger partial charge in [-0.2, -0.15) is 0 Å². The molecule has 4 unspecified atom stereocenters. The first-order valence-corrected chi connectivity index (χ1v) is 18.3. The van der Waals surface area contributed by atoms with Gasteiger partial charge in [-0.25, -0.2) is 0 Å². The summed E-state index contributed by atoms with van der Waals surface area (Å²) < 4.78 is 54.1. The second kappa shape index (κ2) is 24.6. The summed E-state index contributed by atoms with van der Waals surface area (Å²) in [6, 6.07) is 16.0. The van der Waals surface area contributed by atoms with Crippen molar-refractivity contribution < 1.29 is 76.1 Å². The van der Waals surface area contributed by atoms with Gasteiger partial charge in [0, 0.05) is 51.4 Å². The average Bonchev–Trinajstić information content (AvgIpc) is 3.18. The summed E-state index contributed by atoms with van der Waals surface area (Å²) in [4.78, 5) is 74.6. The number of hydrogen-bond acceptors (Lipinski definition) is 18. The van der Waals surface area contributed by atoms with Gasteiger partial charge in [0.15, 0.2) is 0 Å². The van der Waals surface area contributed by atoms with Crippen molar-refractivity contribution in [3.05, 3.63) is 92.7 Å². The zero-order chi connectivity index (χ0) is 44.2. The standard InChI is InChI=1S/2C19H23N3O8/c2*1-11(23)26-10-15-17(28-12(2)24)16(21-22-20)18(19(30-15)29-13(3)25)27-9-14-7-5-4-6-8-14/h2*4-8,15-19H,9-10H2,1-3H3/t15?,16-,17+,18?,19+;15?,16-,17+,18?,19-/m00/s1. The molecule has 0 N–H and O–H groups in total. The molecule has 0 bridgehead atoms. The molecule has 2 aliphatic heterocycles. The molecule has 0 spiro atoms. The molecule has 2 fully saturated rings. The molecule has 60 heavy (non-hydrogen) atoms. The molecule has 2 aromatic carbocycles. The van der Waals surface area contributed by atoms with Crippen LogP contribution in [0.4, 0.5) is 0 Å². The molecule has 0 saturated carbocycles. The van der Waals surface area contributed by atoms with E-state index in [9.17, 15) is 28.8 Å². The summed E-state index contributed by atoms with van der Waals surface area (Å²) in [5, 5.41) is 7.43. The molecule has 0 aliphatic carbocycles. The Morgan fingerprint density at radius 3 is 1.13 bits per heavy atom. The van der Waals surface area contributed by atoms with Crippen LogP contribution in [0.1, 0.15) is 52.7 Å². The van der Waals surface area contributed by atoms with Gasteiger partial charge in [0.25, 0.3) is 0 Å². The van der Waals surface area contributed by atoms with E-state index in [1.807, 2.05) is 60.7 Å². The van der Waals surface area contributed by atoms with Crippen molar-refractivity contribution in [3.63, 3.8) is 0 Å². The molecular formula is C38H46N6O16. The molecule has 0 aromatic heterocycles. The first kappa shape index (κ1) is 48.1. The molecule has 10 atom stereocenters. The topological polar surface area (TPSA) is 292 Å². The third kappa shape index (κ3) is 15.8. The third-order valence-electron chi connectivity index (χ3n) is 8.24. The zero-order valence-corrected chi connectivity index (χ0v) is 33.6. The Balaban J connectivity index is 0.000000320. The quantitative estimate of drug-likeness (QED) is 0.0756. The van der Waals surface area contributed by atoms with Gasteiger partial charge < -0.3 is 47.4 Å². The second-order valence-corrected chi connectivity index (χ2v) is 13.0. The van der Waals surface area contributed by atoms with Crippen LogP contribution in [0.3, 0.4) is 0 Å². The van der Waals surface area contributed by atoms with Gasteiger partial charge >= 0.3 is 35.8 Å². The summed E-state index contributed by atoms with van der Waals surface area (Å²) in [6.07, 6.45) is -9.09. The van der Waals surface area contributed by atoms with Crippen LogP contribution in [0.5, 0.6) is 0 Å². The lowest BCUT2D eigenvalue weighted by Gasteiger charge is -2.43. The van der Waals surface area contributed by atoms with E-state index in [2.05, 4.69) is 20.1 Å². The molecular weight excluding hydrogens is 796 g/mol. The van der Waals surface area contributed by atoms with E-state index in [0.29, 0.717) is 0 Å². The number of ether oxygens (including phenoxy) is 10. The minimum Gasteiger partial charge on any atom is -0.463 e. The van der Waals surface area contributed by atoms with Crippen molar-refractivity contribution in [2.45, 2.75) is 116 Å². The maximum atomic E-state index is 11.6. The Hall–Kier alpha value is -6.28. The summed E-state index contributed by atoms with van der Waals surface area (Å²) in [6.45, 7) is 6.66. The Morgan fingerprint density at radius 2 is 0.850 bits per heavy atom. The fourth-order valence-electron chi connectivity index (χ4n) is 5.92. The lowest BCUT2D eigenvalue weighted by Crippen LogP contribution is -2.60. The average molecular weight is 843 g/mol. The van der Waals surface area contributed by atoms with Gasteiger partial charge in [-0.05, 0) is 22.2 Å². The lowest BCUT2D eigenvalue weighted by atomic mass is 9.96. The van der Waals surface area contributed by atoms with Gasteiger partial charge in [-0.15, -0.1) is 0 Å². The smallest absolute Gasteiger partial charge is 0.305 e. The van der Waals surface area contributed by atoms with Gasteiger partial charge in [0.1, 0.15) is 61.9 Å². The molecule has 22 heteroatoms. The third-order valence-corrected chi connectivity index (χ3v) is 8.24. The maximum Gasteiger partial charge on any atom is 0.305 e. The first-order chi connectivity index (χ1) is 28.6. The van der Waals surface area contributed by atoms with Crippen molar-refractivity contribution in [1.29, 1.82) is 0 Å². The molecule has 324 valence electrons. The van der Waals surface area contributed by atoms with Crippen LogP contribution in [-0.2, 0) is 89.3 Å². The van der Waals surface area contributed by atoms with Gasteiger partial charge in [-0.3, -0.25) is 28.8 Å². The monoisotopic (exact) mass is 842 g/mol. The fourth-order valence-corrected chi connectivity index (χ4v) is 5.92. The number of carbonyl (C=O) groups is 6. The fraction of sp³-hybridized carbons (Fsp3) is 0.526. The summed E-state index contributed by atoms with van der Waals surface area (Å²) in [5.41, 5.74) is 19.8. The SMILES string of the molecule is CC(=O)OCC1O[C@@H](OC(C)=O)C(OCc2ccccc2)[C@@H](N=[N+]=[N-])[C@@H]1OC(C)=O.CC(=O)OCC1O[C@H](OC(C)=O)C(OCc2ccccc2)[C@@H](N=[N+]=[N-])[C@@H]1OC(C)=O. The van der Waals surface area contributed by atoms with Crippen LogP contribution in [0.25, 0.3) is 20.9 Å². The lowest BCUT2D eigenvalue weighted by molar-refractivity contribution is -0.281. The molecule has 2 heterocycles. The molecule has 2 aromatic rings. The van der Waals surface area contributed by atoms with Crippen molar-refractivity contribution in [1.82, 2.24) is 0 Å². The molecule has 2 saturated heterocycles. The van der Waals surface area contributed by atoms with Crippen LogP contribution in [0.2, 0.25) is 0 Å². The van der Waals surface area contributed by atoms with Crippen LogP contribution in [0.15, 0.2) is 70.9 Å². The Labute approximate surface area is 343 Å². The number of esters is 6. The number of carbonyl (C=O) groups excluding carboxylic acids is 6. The minimum absolute atomic E-state index is 0.0888. The summed E-state index contributed by atoms with van der Waals surface area (Å²) >= 11 is 0. The molecule has 4 rings (SSSR count). The highest BCUT2D eigenvalue weighted by Gasteiger charge is 2.51. The summed E-state index contributed by atoms with van der Waals surface area (Å²) in [7, 11) is 0. The van der Waals surface area contributed by atoms with Gasteiger partial charge in [0.2, 0.25) is 12.6 Å². The Kier molecular flexibility index (Phi) is 19.7. The highest BCUT2D eigenvalue weighted by atomic mass is 16.7. The van der Waals surface area contributed by atoms with Crippen molar-refractivity contribution in [3.8, 4) is 0 Å². The maximum absolute atomic E-state index is 11.6. The molecule has 22 nitrogen and oxygen atoms in total. The number of benzene rings is 2. The van der Waals surface area contributed by atoms with Crippen LogP contribution < -0.4 is 0 Å². The predicted molar refractivity (Wildman–Crippen MR) is 201 cm³/mol. The van der Waals surface area contributed by atoms with E-state index >= 15 is 0 Å². The number of rotatable bonds is 16. The second-order valence-electron chi connectivity index (χ2n) is 13.0. The van der Waals surface area contributed by atoms with Crippen molar-refractivity contribution >= 4 is 35.8 Å². The first-order valence-electron chi connectivity index (χ1n) is 18.3. The van der Waals surface area contributed by atoms with Gasteiger partial charge in [0.05, 0.1) is 13.2 Å². The van der Waals surface area contributed by atoms with E-state index in [4.69, 9.17) is 58.4 Å². The van der Waals surface area contributed by atoms with E-state index in [1.165, 1.54) is 41.5 Å². The number of azide groups is 2. The zero-order valence-electron chi connectivity index (χ0n) is 33.6. The highest BCUT2D eigenvalue weighted by molar-refractivity contribution is 5.68.